The Labute approximate surface area is 264 Å². The summed E-state index contributed by atoms with van der Waals surface area (Å²) >= 11 is 3.49. The van der Waals surface area contributed by atoms with E-state index in [0.717, 1.165) is 26.9 Å². The zero-order valence-corrected chi connectivity index (χ0v) is 25.9. The fourth-order valence-electron chi connectivity index (χ4n) is 6.34. The summed E-state index contributed by atoms with van der Waals surface area (Å²) < 4.78 is 5.76. The Balaban J connectivity index is 1.18. The van der Waals surface area contributed by atoms with E-state index >= 15 is 0 Å². The van der Waals surface area contributed by atoms with Gasteiger partial charge in [-0.15, -0.1) is 0 Å². The average Bonchev–Trinajstić information content (AvgIpc) is 3.55. The topological polar surface area (TPSA) is 111 Å². The lowest BCUT2D eigenvalue weighted by Crippen LogP contribution is -2.46. The van der Waals surface area contributed by atoms with Crippen molar-refractivity contribution >= 4 is 45.2 Å². The predicted octanol–water partition coefficient (Wildman–Crippen LogP) is 4.67. The van der Waals surface area contributed by atoms with Crippen molar-refractivity contribution in [2.45, 2.75) is 44.5 Å². The van der Waals surface area contributed by atoms with Gasteiger partial charge in [0, 0.05) is 34.6 Å². The summed E-state index contributed by atoms with van der Waals surface area (Å²) in [6.07, 6.45) is 3.73. The third-order valence-corrected chi connectivity index (χ3v) is 9.34. The number of aliphatic hydroxyl groups excluding tert-OH is 1. The first-order chi connectivity index (χ1) is 21.2. The van der Waals surface area contributed by atoms with E-state index in [0.29, 0.717) is 37.4 Å². The van der Waals surface area contributed by atoms with Gasteiger partial charge in [-0.25, -0.2) is 4.79 Å². The molecule has 0 spiro atoms. The van der Waals surface area contributed by atoms with Crippen LogP contribution in [-0.4, -0.2) is 58.8 Å². The van der Waals surface area contributed by atoms with Crippen LogP contribution in [0.25, 0.3) is 0 Å². The Morgan fingerprint density at radius 1 is 1.11 bits per heavy atom. The molecule has 3 heterocycles. The smallest absolute Gasteiger partial charge is 0.414 e. The third-order valence-electron chi connectivity index (χ3n) is 8.84. The highest BCUT2D eigenvalue weighted by atomic mass is 79.9. The van der Waals surface area contributed by atoms with E-state index in [4.69, 9.17) is 4.74 Å². The number of nitrogens with zero attached hydrogens (tertiary/aromatic N) is 3. The zero-order chi connectivity index (χ0) is 31.0. The number of carbonyl (C=O) groups excluding carboxylic acids is 3. The Hall–Kier alpha value is -3.99. The number of aliphatic hydroxyl groups is 2. The Morgan fingerprint density at radius 2 is 1.86 bits per heavy atom. The molecule has 0 aromatic heterocycles. The van der Waals surface area contributed by atoms with E-state index in [2.05, 4.69) is 15.9 Å². The predicted molar refractivity (Wildman–Crippen MR) is 169 cm³/mol. The highest BCUT2D eigenvalue weighted by Crippen LogP contribution is 2.47. The summed E-state index contributed by atoms with van der Waals surface area (Å²) in [4.78, 5) is 44.0. The van der Waals surface area contributed by atoms with Crippen molar-refractivity contribution in [3.05, 3.63) is 106 Å². The van der Waals surface area contributed by atoms with Gasteiger partial charge in [0.1, 0.15) is 6.61 Å². The number of amides is 3. The minimum atomic E-state index is -1.84. The molecule has 1 fully saturated rings. The summed E-state index contributed by atoms with van der Waals surface area (Å²) in [5.41, 5.74) is 3.04. The van der Waals surface area contributed by atoms with E-state index in [-0.39, 0.29) is 37.6 Å². The maximum Gasteiger partial charge on any atom is 0.414 e. The number of ether oxygens (including phenoxy) is 1. The molecule has 1 saturated heterocycles. The van der Waals surface area contributed by atoms with Crippen molar-refractivity contribution in [2.75, 3.05) is 29.6 Å². The summed E-state index contributed by atoms with van der Waals surface area (Å²) in [5, 5.41) is 22.0. The average molecular weight is 661 g/mol. The second-order valence-corrected chi connectivity index (χ2v) is 12.4. The maximum absolute atomic E-state index is 14.0. The maximum atomic E-state index is 14.0. The molecule has 0 saturated carbocycles. The minimum absolute atomic E-state index is 0.0826. The molecule has 44 heavy (non-hydrogen) atoms. The molecule has 3 aromatic rings. The van der Waals surface area contributed by atoms with Crippen LogP contribution in [-0.2, 0) is 39.4 Å². The van der Waals surface area contributed by atoms with Gasteiger partial charge in [-0.1, -0.05) is 71.4 Å². The minimum Gasteiger partial charge on any atom is -0.447 e. The molecule has 3 aliphatic heterocycles. The standard InChI is InChI=1S/C34H34BrN3O6/c1-22(5-4-8-31(40)37-20-25-7-3-2-6-24(25)17-28(37)21-39)34(43)29-18-26(35)11-14-30(29)38(32(34)41)19-23-9-12-27(13-10-23)36-15-16-44-33(36)42/h2-7,9-14,18,22,28,39,43H,8,15-17,19-21H2,1H3/b5-4+/t22-,28-,34+/m0/s1. The molecule has 9 nitrogen and oxygen atoms in total. The largest absolute Gasteiger partial charge is 0.447 e. The fraction of sp³-hybridized carbons (Fsp3) is 0.324. The lowest BCUT2D eigenvalue weighted by molar-refractivity contribution is -0.139. The summed E-state index contributed by atoms with van der Waals surface area (Å²) in [5.74, 6) is -1.21. The van der Waals surface area contributed by atoms with E-state index in [9.17, 15) is 24.6 Å². The molecule has 3 amide bonds. The quantitative estimate of drug-likeness (QED) is 0.340. The van der Waals surface area contributed by atoms with Crippen LogP contribution in [0, 0.1) is 5.92 Å². The van der Waals surface area contributed by atoms with Crippen molar-refractivity contribution in [1.82, 2.24) is 4.90 Å². The number of rotatable bonds is 8. The number of halogens is 1. The molecule has 2 N–H and O–H groups in total. The molecular formula is C34H34BrN3O6. The zero-order valence-electron chi connectivity index (χ0n) is 24.4. The number of hydrogen-bond donors (Lipinski definition) is 2. The van der Waals surface area contributed by atoms with Gasteiger partial charge in [-0.3, -0.25) is 14.5 Å². The van der Waals surface area contributed by atoms with Gasteiger partial charge in [-0.2, -0.15) is 0 Å². The van der Waals surface area contributed by atoms with Gasteiger partial charge in [0.2, 0.25) is 5.91 Å². The highest BCUT2D eigenvalue weighted by molar-refractivity contribution is 9.10. The lowest BCUT2D eigenvalue weighted by atomic mass is 9.83. The fourth-order valence-corrected chi connectivity index (χ4v) is 6.70. The van der Waals surface area contributed by atoms with Gasteiger partial charge < -0.3 is 24.7 Å². The van der Waals surface area contributed by atoms with Crippen LogP contribution in [0.3, 0.4) is 0 Å². The highest BCUT2D eigenvalue weighted by Gasteiger charge is 2.52. The van der Waals surface area contributed by atoms with Crippen LogP contribution in [0.5, 0.6) is 0 Å². The van der Waals surface area contributed by atoms with E-state index in [1.165, 1.54) is 0 Å². The van der Waals surface area contributed by atoms with Gasteiger partial charge in [0.05, 0.1) is 31.4 Å². The van der Waals surface area contributed by atoms with E-state index in [1.54, 1.807) is 39.8 Å². The Bertz CT molecular complexity index is 1630. The second kappa shape index (κ2) is 12.2. The van der Waals surface area contributed by atoms with Crippen molar-refractivity contribution in [2.24, 2.45) is 5.92 Å². The number of anilines is 2. The normalized spacial score (nSPS) is 21.9. The molecule has 0 radical (unpaired) electrons. The molecule has 3 aliphatic rings. The molecule has 0 aliphatic carbocycles. The van der Waals surface area contributed by atoms with Crippen LogP contribution in [0.4, 0.5) is 16.2 Å². The van der Waals surface area contributed by atoms with Crippen molar-refractivity contribution in [1.29, 1.82) is 0 Å². The van der Waals surface area contributed by atoms with Crippen molar-refractivity contribution in [3.63, 3.8) is 0 Å². The Morgan fingerprint density at radius 3 is 2.57 bits per heavy atom. The first-order valence-corrected chi connectivity index (χ1v) is 15.5. The molecular weight excluding hydrogens is 626 g/mol. The molecule has 3 atom stereocenters. The van der Waals surface area contributed by atoms with Crippen LogP contribution < -0.4 is 9.80 Å². The number of cyclic esters (lactones) is 1. The lowest BCUT2D eigenvalue weighted by Gasteiger charge is -2.36. The molecule has 10 heteroatoms. The summed E-state index contributed by atoms with van der Waals surface area (Å²) in [6, 6.07) is 20.4. The van der Waals surface area contributed by atoms with Gasteiger partial charge in [0.25, 0.3) is 5.91 Å². The summed E-state index contributed by atoms with van der Waals surface area (Å²) in [7, 11) is 0. The van der Waals surface area contributed by atoms with Gasteiger partial charge >= 0.3 is 6.09 Å². The third kappa shape index (κ3) is 5.42. The Kier molecular flexibility index (Phi) is 8.32. The van der Waals surface area contributed by atoms with Crippen molar-refractivity contribution < 1.29 is 29.3 Å². The number of benzene rings is 3. The number of hydrogen-bond acceptors (Lipinski definition) is 6. The number of fused-ring (bicyclic) bond motifs is 2. The number of carbonyl (C=O) groups is 3. The first-order valence-electron chi connectivity index (χ1n) is 14.7. The second-order valence-electron chi connectivity index (χ2n) is 11.5. The summed E-state index contributed by atoms with van der Waals surface area (Å²) in [6.45, 7) is 3.15. The van der Waals surface area contributed by atoms with Gasteiger partial charge in [0.15, 0.2) is 5.60 Å². The monoisotopic (exact) mass is 659 g/mol. The van der Waals surface area contributed by atoms with Gasteiger partial charge in [-0.05, 0) is 53.4 Å². The van der Waals surface area contributed by atoms with Crippen LogP contribution >= 0.6 is 15.9 Å². The molecule has 3 aromatic carbocycles. The molecule has 6 rings (SSSR count). The SMILES string of the molecule is C[C@@H](/C=C/CC(=O)N1Cc2ccccc2C[C@H]1CO)[C@]1(O)C(=O)N(Cc2ccc(N3CCOC3=O)cc2)c2ccc(Br)cc21. The first kappa shape index (κ1) is 30.1. The van der Waals surface area contributed by atoms with E-state index in [1.807, 2.05) is 60.7 Å². The molecule has 0 bridgehead atoms. The molecule has 228 valence electrons. The van der Waals surface area contributed by atoms with Crippen LogP contribution in [0.1, 0.15) is 35.6 Å². The van der Waals surface area contributed by atoms with Crippen LogP contribution in [0.15, 0.2) is 83.4 Å². The molecule has 0 unspecified atom stereocenters. The van der Waals surface area contributed by atoms with Crippen molar-refractivity contribution in [3.8, 4) is 0 Å². The van der Waals surface area contributed by atoms with E-state index < -0.39 is 17.4 Å². The van der Waals surface area contributed by atoms with Crippen LogP contribution in [0.2, 0.25) is 0 Å².